The maximum absolute atomic E-state index is 12.1. The average molecular weight is 335 g/mol. The maximum atomic E-state index is 12.1. The fraction of sp³-hybridized carbons (Fsp3) is 0.294. The number of halogens is 1. The summed E-state index contributed by atoms with van der Waals surface area (Å²) >= 11 is 7.69. The Kier molecular flexibility index (Phi) is 5.86. The highest BCUT2D eigenvalue weighted by Crippen LogP contribution is 2.22. The highest BCUT2D eigenvalue weighted by molar-refractivity contribution is 7.99. The van der Waals surface area contributed by atoms with Crippen LogP contribution in [0.4, 0.5) is 0 Å². The third kappa shape index (κ3) is 5.04. The highest BCUT2D eigenvalue weighted by Gasteiger charge is 2.07. The van der Waals surface area contributed by atoms with Crippen LogP contribution in [-0.2, 0) is 6.54 Å². The topological polar surface area (TPSA) is 42.0 Å². The molecule has 5 heteroatoms. The second-order valence-electron chi connectivity index (χ2n) is 5.33. The van der Waals surface area contributed by atoms with Crippen LogP contribution in [0.3, 0.4) is 0 Å². The lowest BCUT2D eigenvalue weighted by molar-refractivity contribution is 0.0950. The van der Waals surface area contributed by atoms with E-state index in [0.29, 0.717) is 22.5 Å². The van der Waals surface area contributed by atoms with Crippen molar-refractivity contribution in [2.24, 2.45) is 0 Å². The van der Waals surface area contributed by atoms with Crippen LogP contribution in [0.2, 0.25) is 5.15 Å². The van der Waals surface area contributed by atoms with Gasteiger partial charge in [-0.3, -0.25) is 4.79 Å². The van der Waals surface area contributed by atoms with Crippen LogP contribution in [0.1, 0.15) is 35.5 Å². The Balaban J connectivity index is 1.97. The van der Waals surface area contributed by atoms with E-state index >= 15 is 0 Å². The van der Waals surface area contributed by atoms with Crippen molar-refractivity contribution in [3.63, 3.8) is 0 Å². The van der Waals surface area contributed by atoms with Gasteiger partial charge in [-0.2, -0.15) is 0 Å². The minimum atomic E-state index is -0.111. The normalized spacial score (nSPS) is 10.8. The zero-order valence-corrected chi connectivity index (χ0v) is 14.5. The summed E-state index contributed by atoms with van der Waals surface area (Å²) in [5.74, 6) is -0.111. The van der Waals surface area contributed by atoms with Gasteiger partial charge < -0.3 is 5.32 Å². The number of hydrogen-bond acceptors (Lipinski definition) is 3. The number of rotatable bonds is 5. The molecule has 0 bridgehead atoms. The first-order valence-electron chi connectivity index (χ1n) is 7.12. The molecule has 116 valence electrons. The van der Waals surface area contributed by atoms with E-state index in [9.17, 15) is 4.79 Å². The van der Waals surface area contributed by atoms with Crippen LogP contribution in [0.5, 0.6) is 0 Å². The van der Waals surface area contributed by atoms with Gasteiger partial charge in [-0.05, 0) is 48.9 Å². The zero-order chi connectivity index (χ0) is 16.1. The molecular weight excluding hydrogens is 316 g/mol. The predicted molar refractivity (Wildman–Crippen MR) is 92.6 cm³/mol. The first-order chi connectivity index (χ1) is 10.4. The number of hydrogen-bond donors (Lipinski definition) is 1. The smallest absolute Gasteiger partial charge is 0.251 e. The Morgan fingerprint density at radius 1 is 1.27 bits per heavy atom. The maximum Gasteiger partial charge on any atom is 0.251 e. The Bertz CT molecular complexity index is 636. The van der Waals surface area contributed by atoms with Crippen LogP contribution >= 0.6 is 23.4 Å². The number of pyridine rings is 1. The molecule has 2 rings (SSSR count). The summed E-state index contributed by atoms with van der Waals surface area (Å²) in [5.41, 5.74) is 2.43. The van der Waals surface area contributed by atoms with Crippen molar-refractivity contribution < 1.29 is 4.79 Å². The predicted octanol–water partition coefficient (Wildman–Crippen LogP) is 4.47. The lowest BCUT2D eigenvalue weighted by Gasteiger charge is -2.08. The molecule has 0 unspecified atom stereocenters. The standard InChI is InChI=1S/C17H19ClN2OS/c1-11(2)22-15-6-4-13(5-7-15)17(21)19-10-14-8-12(3)9-16(18)20-14/h4-9,11H,10H2,1-3H3,(H,19,21). The van der Waals surface area contributed by atoms with Crippen LogP contribution in [0, 0.1) is 6.92 Å². The molecule has 0 aliphatic heterocycles. The monoisotopic (exact) mass is 334 g/mol. The molecule has 0 spiro atoms. The quantitative estimate of drug-likeness (QED) is 0.647. The van der Waals surface area contributed by atoms with E-state index in [2.05, 4.69) is 24.1 Å². The third-order valence-electron chi connectivity index (χ3n) is 2.91. The third-order valence-corrected chi connectivity index (χ3v) is 4.12. The van der Waals surface area contributed by atoms with Gasteiger partial charge in [0, 0.05) is 15.7 Å². The van der Waals surface area contributed by atoms with E-state index in [4.69, 9.17) is 11.6 Å². The van der Waals surface area contributed by atoms with E-state index < -0.39 is 0 Å². The van der Waals surface area contributed by atoms with Gasteiger partial charge in [-0.15, -0.1) is 11.8 Å². The van der Waals surface area contributed by atoms with Crippen LogP contribution < -0.4 is 5.32 Å². The van der Waals surface area contributed by atoms with Crippen molar-refractivity contribution in [2.45, 2.75) is 37.5 Å². The molecule has 1 N–H and O–H groups in total. The Labute approximate surface area is 140 Å². The number of nitrogens with one attached hydrogen (secondary N) is 1. The Hall–Kier alpha value is -1.52. The van der Waals surface area contributed by atoms with Crippen molar-refractivity contribution in [1.82, 2.24) is 10.3 Å². The summed E-state index contributed by atoms with van der Waals surface area (Å²) in [6.07, 6.45) is 0. The number of carbonyl (C=O) groups is 1. The molecular formula is C17H19ClN2OS. The molecule has 22 heavy (non-hydrogen) atoms. The second-order valence-corrected chi connectivity index (χ2v) is 7.37. The van der Waals surface area contributed by atoms with E-state index in [-0.39, 0.29) is 5.91 Å². The van der Waals surface area contributed by atoms with E-state index in [1.807, 2.05) is 37.3 Å². The number of nitrogens with zero attached hydrogens (tertiary/aromatic N) is 1. The van der Waals surface area contributed by atoms with Crippen molar-refractivity contribution in [2.75, 3.05) is 0 Å². The molecule has 1 aromatic heterocycles. The van der Waals surface area contributed by atoms with Gasteiger partial charge in [0.1, 0.15) is 5.15 Å². The molecule has 0 aliphatic carbocycles. The van der Waals surface area contributed by atoms with Crippen LogP contribution in [-0.4, -0.2) is 16.1 Å². The summed E-state index contributed by atoms with van der Waals surface area (Å²) in [4.78, 5) is 17.5. The molecule has 0 saturated carbocycles. The second kappa shape index (κ2) is 7.65. The number of aromatic nitrogens is 1. The summed E-state index contributed by atoms with van der Waals surface area (Å²) in [7, 11) is 0. The highest BCUT2D eigenvalue weighted by atomic mass is 35.5. The zero-order valence-electron chi connectivity index (χ0n) is 12.9. The summed E-state index contributed by atoms with van der Waals surface area (Å²) in [6.45, 7) is 6.60. The van der Waals surface area contributed by atoms with Crippen molar-refractivity contribution >= 4 is 29.3 Å². The summed E-state index contributed by atoms with van der Waals surface area (Å²) < 4.78 is 0. The number of amides is 1. The molecule has 3 nitrogen and oxygen atoms in total. The number of aryl methyl sites for hydroxylation is 1. The molecule has 0 saturated heterocycles. The minimum Gasteiger partial charge on any atom is -0.346 e. The minimum absolute atomic E-state index is 0.111. The van der Waals surface area contributed by atoms with Crippen molar-refractivity contribution in [3.05, 3.63) is 58.4 Å². The fourth-order valence-corrected chi connectivity index (χ4v) is 3.13. The van der Waals surface area contributed by atoms with E-state index in [1.165, 1.54) is 4.90 Å². The van der Waals surface area contributed by atoms with Gasteiger partial charge in [-0.25, -0.2) is 4.98 Å². The number of benzene rings is 1. The SMILES string of the molecule is Cc1cc(Cl)nc(CNC(=O)c2ccc(SC(C)C)cc2)c1. The first-order valence-corrected chi connectivity index (χ1v) is 8.38. The lowest BCUT2D eigenvalue weighted by Crippen LogP contribution is -2.23. The van der Waals surface area contributed by atoms with Crippen molar-refractivity contribution in [3.8, 4) is 0 Å². The lowest BCUT2D eigenvalue weighted by atomic mass is 10.2. The molecule has 2 aromatic rings. The van der Waals surface area contributed by atoms with E-state index in [0.717, 1.165) is 11.3 Å². The molecule has 0 fully saturated rings. The van der Waals surface area contributed by atoms with Crippen LogP contribution in [0.25, 0.3) is 0 Å². The van der Waals surface area contributed by atoms with Gasteiger partial charge in [0.25, 0.3) is 5.91 Å². The summed E-state index contributed by atoms with van der Waals surface area (Å²) in [6, 6.07) is 11.3. The fourth-order valence-electron chi connectivity index (χ4n) is 2.01. The summed E-state index contributed by atoms with van der Waals surface area (Å²) in [5, 5.41) is 3.83. The first kappa shape index (κ1) is 16.8. The Morgan fingerprint density at radius 3 is 2.55 bits per heavy atom. The van der Waals surface area contributed by atoms with Gasteiger partial charge in [-0.1, -0.05) is 25.4 Å². The molecule has 0 radical (unpaired) electrons. The van der Waals surface area contributed by atoms with Crippen LogP contribution in [0.15, 0.2) is 41.3 Å². The molecule has 1 amide bonds. The molecule has 1 aromatic carbocycles. The largest absolute Gasteiger partial charge is 0.346 e. The number of carbonyl (C=O) groups excluding carboxylic acids is 1. The van der Waals surface area contributed by atoms with Gasteiger partial charge in [0.15, 0.2) is 0 Å². The van der Waals surface area contributed by atoms with Gasteiger partial charge in [0.2, 0.25) is 0 Å². The molecule has 1 heterocycles. The molecule has 0 aliphatic rings. The average Bonchev–Trinajstić information content (AvgIpc) is 2.44. The molecule has 0 atom stereocenters. The van der Waals surface area contributed by atoms with Gasteiger partial charge in [0.05, 0.1) is 12.2 Å². The van der Waals surface area contributed by atoms with Crippen molar-refractivity contribution in [1.29, 1.82) is 0 Å². The Morgan fingerprint density at radius 2 is 1.95 bits per heavy atom. The number of thioether (sulfide) groups is 1. The van der Waals surface area contributed by atoms with E-state index in [1.54, 1.807) is 17.8 Å². The van der Waals surface area contributed by atoms with Gasteiger partial charge >= 0.3 is 0 Å².